The van der Waals surface area contributed by atoms with Gasteiger partial charge in [0.25, 0.3) is 0 Å². The molecular weight excluding hydrogens is 234 g/mol. The summed E-state index contributed by atoms with van der Waals surface area (Å²) in [4.78, 5) is 0. The van der Waals surface area contributed by atoms with E-state index >= 15 is 0 Å². The molecule has 0 saturated carbocycles. The first-order valence-corrected chi connectivity index (χ1v) is 6.95. The summed E-state index contributed by atoms with van der Waals surface area (Å²) in [5.74, 6) is 0.539. The van der Waals surface area contributed by atoms with Crippen molar-refractivity contribution >= 4 is 5.69 Å². The molecule has 2 nitrogen and oxygen atoms in total. The van der Waals surface area contributed by atoms with Gasteiger partial charge < -0.3 is 10.1 Å². The van der Waals surface area contributed by atoms with Gasteiger partial charge in [-0.1, -0.05) is 48.5 Å². The summed E-state index contributed by atoms with van der Waals surface area (Å²) >= 11 is 0. The van der Waals surface area contributed by atoms with E-state index in [1.165, 1.54) is 16.8 Å². The number of ether oxygens (including phenoxy) is 1. The molecule has 0 aromatic heterocycles. The van der Waals surface area contributed by atoms with Crippen LogP contribution in [0.3, 0.4) is 0 Å². The van der Waals surface area contributed by atoms with Crippen molar-refractivity contribution in [1.82, 2.24) is 0 Å². The van der Waals surface area contributed by atoms with Crippen LogP contribution in [0.2, 0.25) is 0 Å². The fourth-order valence-corrected chi connectivity index (χ4v) is 3.41. The van der Waals surface area contributed by atoms with E-state index in [1.54, 1.807) is 0 Å². The molecular formula is C17H17NO. The smallest absolute Gasteiger partial charge is 0.0896 e. The lowest BCUT2D eigenvalue weighted by Gasteiger charge is -2.36. The Morgan fingerprint density at radius 1 is 0.947 bits per heavy atom. The van der Waals surface area contributed by atoms with Crippen molar-refractivity contribution in [1.29, 1.82) is 0 Å². The topological polar surface area (TPSA) is 21.3 Å². The third-order valence-corrected chi connectivity index (χ3v) is 4.30. The SMILES string of the molecule is c1ccc(C2Nc3ccccc3[C@H]3OCC[C@@H]23)cc1. The largest absolute Gasteiger partial charge is 0.378 e. The van der Waals surface area contributed by atoms with Crippen LogP contribution in [-0.2, 0) is 4.74 Å². The second-order valence-electron chi connectivity index (χ2n) is 5.36. The molecule has 0 bridgehead atoms. The van der Waals surface area contributed by atoms with Crippen molar-refractivity contribution in [3.8, 4) is 0 Å². The van der Waals surface area contributed by atoms with Gasteiger partial charge in [0, 0.05) is 23.8 Å². The summed E-state index contributed by atoms with van der Waals surface area (Å²) in [7, 11) is 0. The highest BCUT2D eigenvalue weighted by atomic mass is 16.5. The summed E-state index contributed by atoms with van der Waals surface area (Å²) in [6.45, 7) is 0.870. The molecule has 1 unspecified atom stereocenters. The van der Waals surface area contributed by atoms with Gasteiger partial charge >= 0.3 is 0 Å². The molecule has 0 radical (unpaired) electrons. The van der Waals surface area contributed by atoms with Gasteiger partial charge in [-0.25, -0.2) is 0 Å². The van der Waals surface area contributed by atoms with E-state index in [0.29, 0.717) is 12.0 Å². The van der Waals surface area contributed by atoms with E-state index in [4.69, 9.17) is 4.74 Å². The minimum Gasteiger partial charge on any atom is -0.378 e. The highest BCUT2D eigenvalue weighted by Gasteiger charge is 2.41. The summed E-state index contributed by atoms with van der Waals surface area (Å²) in [5, 5.41) is 3.70. The van der Waals surface area contributed by atoms with Crippen molar-refractivity contribution in [3.05, 3.63) is 65.7 Å². The minimum absolute atomic E-state index is 0.252. The Kier molecular flexibility index (Phi) is 2.56. The normalized spacial score (nSPS) is 28.3. The molecule has 1 fully saturated rings. The average molecular weight is 251 g/mol. The lowest BCUT2D eigenvalue weighted by Crippen LogP contribution is -2.29. The summed E-state index contributed by atoms with van der Waals surface area (Å²) in [6, 6.07) is 19.6. The predicted octanol–water partition coefficient (Wildman–Crippen LogP) is 3.93. The molecule has 2 aromatic rings. The van der Waals surface area contributed by atoms with Crippen LogP contribution in [-0.4, -0.2) is 6.61 Å². The summed E-state index contributed by atoms with van der Waals surface area (Å²) in [5.41, 5.74) is 3.90. The van der Waals surface area contributed by atoms with Gasteiger partial charge in [-0.3, -0.25) is 0 Å². The van der Waals surface area contributed by atoms with E-state index in [2.05, 4.69) is 59.9 Å². The standard InChI is InChI=1S/C17H17NO/c1-2-6-12(7-3-1)16-14-10-11-19-17(14)13-8-4-5-9-15(13)18-16/h1-9,14,16-18H,10-11H2/t14-,16?,17+/m0/s1. The van der Waals surface area contributed by atoms with Crippen LogP contribution >= 0.6 is 0 Å². The number of hydrogen-bond acceptors (Lipinski definition) is 2. The Hall–Kier alpha value is -1.80. The molecule has 1 saturated heterocycles. The zero-order chi connectivity index (χ0) is 12.7. The molecule has 0 aliphatic carbocycles. The van der Waals surface area contributed by atoms with Crippen molar-refractivity contribution in [3.63, 3.8) is 0 Å². The van der Waals surface area contributed by atoms with Crippen molar-refractivity contribution in [2.75, 3.05) is 11.9 Å². The van der Waals surface area contributed by atoms with E-state index in [1.807, 2.05) is 0 Å². The molecule has 2 aromatic carbocycles. The highest BCUT2D eigenvalue weighted by molar-refractivity contribution is 5.57. The lowest BCUT2D eigenvalue weighted by molar-refractivity contribution is 0.0829. The molecule has 96 valence electrons. The number of rotatable bonds is 1. The van der Waals surface area contributed by atoms with Gasteiger partial charge in [0.05, 0.1) is 12.1 Å². The second-order valence-corrected chi connectivity index (χ2v) is 5.36. The van der Waals surface area contributed by atoms with Gasteiger partial charge in [0.15, 0.2) is 0 Å². The summed E-state index contributed by atoms with van der Waals surface area (Å²) in [6.07, 6.45) is 1.38. The maximum absolute atomic E-state index is 6.00. The maximum atomic E-state index is 6.00. The Morgan fingerprint density at radius 3 is 2.63 bits per heavy atom. The minimum atomic E-state index is 0.252. The van der Waals surface area contributed by atoms with Crippen molar-refractivity contribution in [2.45, 2.75) is 18.6 Å². The molecule has 2 aliphatic heterocycles. The van der Waals surface area contributed by atoms with Crippen LogP contribution in [0.15, 0.2) is 54.6 Å². The molecule has 3 atom stereocenters. The second kappa shape index (κ2) is 4.39. The van der Waals surface area contributed by atoms with Gasteiger partial charge in [-0.05, 0) is 18.1 Å². The van der Waals surface area contributed by atoms with Gasteiger partial charge in [-0.2, -0.15) is 0 Å². The van der Waals surface area contributed by atoms with Crippen LogP contribution in [0.25, 0.3) is 0 Å². The number of nitrogens with one attached hydrogen (secondary N) is 1. The number of para-hydroxylation sites is 1. The first kappa shape index (κ1) is 11.1. The Labute approximate surface area is 113 Å². The molecule has 1 N–H and O–H groups in total. The van der Waals surface area contributed by atoms with Crippen LogP contribution < -0.4 is 5.32 Å². The van der Waals surface area contributed by atoms with Crippen LogP contribution in [0, 0.1) is 5.92 Å². The van der Waals surface area contributed by atoms with Gasteiger partial charge in [0.2, 0.25) is 0 Å². The van der Waals surface area contributed by atoms with Crippen LogP contribution in [0.1, 0.15) is 29.7 Å². The highest BCUT2D eigenvalue weighted by Crippen LogP contribution is 2.49. The third-order valence-electron chi connectivity index (χ3n) is 4.30. The first-order valence-electron chi connectivity index (χ1n) is 6.95. The zero-order valence-corrected chi connectivity index (χ0v) is 10.8. The van der Waals surface area contributed by atoms with Crippen molar-refractivity contribution in [2.24, 2.45) is 5.92 Å². The molecule has 4 rings (SSSR count). The molecule has 0 spiro atoms. The van der Waals surface area contributed by atoms with Crippen LogP contribution in [0.5, 0.6) is 0 Å². The third kappa shape index (κ3) is 1.75. The quantitative estimate of drug-likeness (QED) is 0.829. The summed E-state index contributed by atoms with van der Waals surface area (Å²) < 4.78 is 6.00. The van der Waals surface area contributed by atoms with E-state index in [-0.39, 0.29) is 6.10 Å². The molecule has 2 heterocycles. The van der Waals surface area contributed by atoms with Gasteiger partial charge in [0.1, 0.15) is 0 Å². The number of anilines is 1. The Bertz CT molecular complexity index is 581. The first-order chi connectivity index (χ1) is 9.43. The Balaban J connectivity index is 1.79. The van der Waals surface area contributed by atoms with E-state index in [9.17, 15) is 0 Å². The fraction of sp³-hybridized carbons (Fsp3) is 0.294. The maximum Gasteiger partial charge on any atom is 0.0896 e. The number of hydrogen-bond donors (Lipinski definition) is 1. The molecule has 0 amide bonds. The number of benzene rings is 2. The van der Waals surface area contributed by atoms with E-state index < -0.39 is 0 Å². The van der Waals surface area contributed by atoms with Gasteiger partial charge in [-0.15, -0.1) is 0 Å². The van der Waals surface area contributed by atoms with Crippen LogP contribution in [0.4, 0.5) is 5.69 Å². The average Bonchev–Trinajstić information content (AvgIpc) is 2.97. The number of fused-ring (bicyclic) bond motifs is 3. The zero-order valence-electron chi connectivity index (χ0n) is 10.8. The van der Waals surface area contributed by atoms with E-state index in [0.717, 1.165) is 13.0 Å². The predicted molar refractivity (Wildman–Crippen MR) is 76.0 cm³/mol. The Morgan fingerprint density at radius 2 is 1.74 bits per heavy atom. The molecule has 2 aliphatic rings. The molecule has 19 heavy (non-hydrogen) atoms. The monoisotopic (exact) mass is 251 g/mol. The fourth-order valence-electron chi connectivity index (χ4n) is 3.41. The van der Waals surface area contributed by atoms with Crippen molar-refractivity contribution < 1.29 is 4.74 Å². The molecule has 2 heteroatoms. The lowest BCUT2D eigenvalue weighted by atomic mass is 9.81.